The van der Waals surface area contributed by atoms with Gasteiger partial charge in [0, 0.05) is 36.7 Å². The maximum atomic E-state index is 11.9. The van der Waals surface area contributed by atoms with E-state index in [9.17, 15) is 19.2 Å². The Morgan fingerprint density at radius 2 is 1.31 bits per heavy atom. The molecule has 1 amide bonds. The summed E-state index contributed by atoms with van der Waals surface area (Å²) in [6, 6.07) is 9.42. The molecule has 0 spiro atoms. The Bertz CT molecular complexity index is 787. The van der Waals surface area contributed by atoms with Crippen LogP contribution in [-0.4, -0.2) is 51.2 Å². The molecule has 8 nitrogen and oxygen atoms in total. The van der Waals surface area contributed by atoms with Crippen molar-refractivity contribution in [1.82, 2.24) is 0 Å². The first-order valence-electron chi connectivity index (χ1n) is 10.1. The fourth-order valence-electron chi connectivity index (χ4n) is 2.08. The molecular weight excluding hydrogens is 414 g/mol. The number of para-hydroxylation sites is 1. The lowest BCUT2D eigenvalue weighted by atomic mass is 10.2. The lowest BCUT2D eigenvalue weighted by molar-refractivity contribution is -0.143. The average molecular weight is 448 g/mol. The maximum Gasteiger partial charge on any atom is 0.333 e. The van der Waals surface area contributed by atoms with Crippen molar-refractivity contribution in [2.24, 2.45) is 0 Å². The molecule has 0 bridgehead atoms. The SMILES string of the molecule is C=C(C)C(=O)OCCCC(=O)N(C)c1ccccc1.C=C(C)C(=O)OCCCC(=O)OC. The van der Waals surface area contributed by atoms with Crippen molar-refractivity contribution >= 4 is 29.5 Å². The number of anilines is 1. The van der Waals surface area contributed by atoms with E-state index in [0.717, 1.165) is 5.69 Å². The van der Waals surface area contributed by atoms with Crippen molar-refractivity contribution in [1.29, 1.82) is 0 Å². The zero-order valence-electron chi connectivity index (χ0n) is 19.3. The van der Waals surface area contributed by atoms with Gasteiger partial charge in [-0.25, -0.2) is 9.59 Å². The predicted octanol–water partition coefficient (Wildman–Crippen LogP) is 3.61. The molecule has 0 fully saturated rings. The second-order valence-electron chi connectivity index (χ2n) is 6.90. The fourth-order valence-corrected chi connectivity index (χ4v) is 2.08. The van der Waals surface area contributed by atoms with Crippen molar-refractivity contribution in [3.63, 3.8) is 0 Å². The van der Waals surface area contributed by atoms with E-state index < -0.39 is 11.9 Å². The smallest absolute Gasteiger partial charge is 0.333 e. The third-order valence-corrected chi connectivity index (χ3v) is 3.97. The lowest BCUT2D eigenvalue weighted by Gasteiger charge is -2.17. The Morgan fingerprint density at radius 1 is 0.844 bits per heavy atom. The molecule has 0 N–H and O–H groups in total. The van der Waals surface area contributed by atoms with E-state index in [2.05, 4.69) is 17.9 Å². The van der Waals surface area contributed by atoms with Crippen molar-refractivity contribution in [2.75, 3.05) is 32.3 Å². The van der Waals surface area contributed by atoms with Crippen LogP contribution in [0.4, 0.5) is 5.69 Å². The first-order valence-corrected chi connectivity index (χ1v) is 10.1. The van der Waals surface area contributed by atoms with E-state index in [1.54, 1.807) is 25.8 Å². The van der Waals surface area contributed by atoms with Crippen LogP contribution in [0.3, 0.4) is 0 Å². The Hall–Kier alpha value is -3.42. The van der Waals surface area contributed by atoms with Gasteiger partial charge in [-0.15, -0.1) is 0 Å². The number of amides is 1. The molecular formula is C24H33NO7. The molecule has 0 aromatic heterocycles. The van der Waals surface area contributed by atoms with Crippen molar-refractivity contribution in [3.05, 3.63) is 54.6 Å². The molecule has 0 atom stereocenters. The van der Waals surface area contributed by atoms with Gasteiger partial charge in [-0.1, -0.05) is 31.4 Å². The van der Waals surface area contributed by atoms with Crippen molar-refractivity contribution in [2.45, 2.75) is 39.5 Å². The van der Waals surface area contributed by atoms with Crippen LogP contribution in [0.1, 0.15) is 39.5 Å². The van der Waals surface area contributed by atoms with Gasteiger partial charge in [0.05, 0.1) is 20.3 Å². The zero-order valence-corrected chi connectivity index (χ0v) is 19.3. The van der Waals surface area contributed by atoms with Crippen LogP contribution < -0.4 is 4.90 Å². The third kappa shape index (κ3) is 13.0. The minimum Gasteiger partial charge on any atom is -0.469 e. The summed E-state index contributed by atoms with van der Waals surface area (Å²) in [5.74, 6) is -1.14. The maximum absolute atomic E-state index is 11.9. The highest BCUT2D eigenvalue weighted by atomic mass is 16.5. The Labute approximate surface area is 189 Å². The van der Waals surface area contributed by atoms with Gasteiger partial charge in [-0.05, 0) is 38.8 Å². The summed E-state index contributed by atoms with van der Waals surface area (Å²) in [6.07, 6.45) is 1.59. The molecule has 8 heteroatoms. The van der Waals surface area contributed by atoms with Gasteiger partial charge in [-0.3, -0.25) is 9.59 Å². The molecule has 0 aliphatic carbocycles. The number of nitrogens with zero attached hydrogens (tertiary/aromatic N) is 1. The summed E-state index contributed by atoms with van der Waals surface area (Å²) in [5.41, 5.74) is 1.58. The summed E-state index contributed by atoms with van der Waals surface area (Å²) >= 11 is 0. The van der Waals surface area contributed by atoms with E-state index in [4.69, 9.17) is 9.47 Å². The Morgan fingerprint density at radius 3 is 1.75 bits per heavy atom. The molecule has 176 valence electrons. The van der Waals surface area contributed by atoms with Gasteiger partial charge in [0.2, 0.25) is 5.91 Å². The summed E-state index contributed by atoms with van der Waals surface area (Å²) < 4.78 is 14.1. The summed E-state index contributed by atoms with van der Waals surface area (Å²) in [5, 5.41) is 0. The average Bonchev–Trinajstić information content (AvgIpc) is 2.79. The number of carbonyl (C=O) groups is 4. The molecule has 0 aliphatic rings. The highest BCUT2D eigenvalue weighted by molar-refractivity contribution is 5.92. The topological polar surface area (TPSA) is 99.2 Å². The second-order valence-corrected chi connectivity index (χ2v) is 6.90. The van der Waals surface area contributed by atoms with Gasteiger partial charge >= 0.3 is 17.9 Å². The summed E-state index contributed by atoms with van der Waals surface area (Å²) in [7, 11) is 3.06. The molecule has 1 rings (SSSR count). The number of benzene rings is 1. The van der Waals surface area contributed by atoms with Crippen LogP contribution in [0.25, 0.3) is 0 Å². The van der Waals surface area contributed by atoms with Crippen LogP contribution in [-0.2, 0) is 33.4 Å². The predicted molar refractivity (Wildman–Crippen MR) is 122 cm³/mol. The minimum absolute atomic E-state index is 0.00225. The number of rotatable bonds is 11. The van der Waals surface area contributed by atoms with Crippen LogP contribution in [0.2, 0.25) is 0 Å². The Balaban J connectivity index is 0.000000649. The monoisotopic (exact) mass is 447 g/mol. The first-order chi connectivity index (χ1) is 15.1. The number of esters is 3. The summed E-state index contributed by atoms with van der Waals surface area (Å²) in [4.78, 5) is 46.0. The molecule has 0 saturated carbocycles. The standard InChI is InChI=1S/C15H19NO3.C9H14O4/c1-12(2)15(18)19-11-7-10-14(17)16(3)13-8-5-4-6-9-13;1-7(2)9(11)13-6-4-5-8(10)12-3/h4-6,8-9H,1,7,10-11H2,2-3H3;1,4-6H2,2-3H3. The van der Waals surface area contributed by atoms with Crippen molar-refractivity contribution in [3.8, 4) is 0 Å². The molecule has 0 unspecified atom stereocenters. The Kier molecular flexibility index (Phi) is 14.6. The number of hydrogen-bond donors (Lipinski definition) is 0. The normalized spacial score (nSPS) is 9.50. The van der Waals surface area contributed by atoms with E-state index in [1.165, 1.54) is 7.11 Å². The van der Waals surface area contributed by atoms with Crippen LogP contribution >= 0.6 is 0 Å². The van der Waals surface area contributed by atoms with Crippen molar-refractivity contribution < 1.29 is 33.4 Å². The van der Waals surface area contributed by atoms with Gasteiger partial charge in [0.25, 0.3) is 0 Å². The molecule has 1 aromatic rings. The second kappa shape index (κ2) is 16.3. The minimum atomic E-state index is -0.426. The van der Waals surface area contributed by atoms with E-state index >= 15 is 0 Å². The third-order valence-electron chi connectivity index (χ3n) is 3.97. The molecule has 0 radical (unpaired) electrons. The largest absolute Gasteiger partial charge is 0.469 e. The van der Waals surface area contributed by atoms with Gasteiger partial charge in [0.15, 0.2) is 0 Å². The van der Waals surface area contributed by atoms with E-state index in [-0.39, 0.29) is 31.5 Å². The van der Waals surface area contributed by atoms with Crippen LogP contribution in [0.5, 0.6) is 0 Å². The molecule has 0 saturated heterocycles. The van der Waals surface area contributed by atoms with E-state index in [1.807, 2.05) is 30.3 Å². The van der Waals surface area contributed by atoms with Crippen LogP contribution in [0, 0.1) is 0 Å². The number of carbonyl (C=O) groups excluding carboxylic acids is 4. The highest BCUT2D eigenvalue weighted by Gasteiger charge is 2.11. The number of methoxy groups -OCH3 is 1. The van der Waals surface area contributed by atoms with E-state index in [0.29, 0.717) is 30.4 Å². The van der Waals surface area contributed by atoms with Gasteiger partial charge in [-0.2, -0.15) is 0 Å². The fraction of sp³-hybridized carbons (Fsp3) is 0.417. The number of ether oxygens (including phenoxy) is 3. The molecule has 1 aromatic carbocycles. The highest BCUT2D eigenvalue weighted by Crippen LogP contribution is 2.12. The lowest BCUT2D eigenvalue weighted by Crippen LogP contribution is -2.26. The first kappa shape index (κ1) is 28.6. The summed E-state index contributed by atoms with van der Waals surface area (Å²) in [6.45, 7) is 10.5. The number of hydrogen-bond acceptors (Lipinski definition) is 7. The molecule has 32 heavy (non-hydrogen) atoms. The van der Waals surface area contributed by atoms with Gasteiger partial charge in [0.1, 0.15) is 0 Å². The van der Waals surface area contributed by atoms with Crippen LogP contribution in [0.15, 0.2) is 54.6 Å². The molecule has 0 aliphatic heterocycles. The quantitative estimate of drug-likeness (QED) is 0.221. The van der Waals surface area contributed by atoms with Gasteiger partial charge < -0.3 is 19.1 Å². The molecule has 0 heterocycles. The zero-order chi connectivity index (χ0) is 24.5.